The molecule has 0 aliphatic rings. The average molecular weight is 457 g/mol. The van der Waals surface area contributed by atoms with E-state index in [0.717, 1.165) is 12.1 Å². The number of tetrazole rings is 1. The van der Waals surface area contributed by atoms with E-state index in [1.807, 2.05) is 0 Å². The molecule has 0 atom stereocenters. The van der Waals surface area contributed by atoms with E-state index in [-0.39, 0.29) is 5.56 Å². The van der Waals surface area contributed by atoms with Crippen LogP contribution in [0.3, 0.4) is 0 Å². The zero-order chi connectivity index (χ0) is 23.4. The van der Waals surface area contributed by atoms with Gasteiger partial charge >= 0.3 is 6.18 Å². The highest BCUT2D eigenvalue weighted by Crippen LogP contribution is 2.32. The first kappa shape index (κ1) is 21.9. The maximum absolute atomic E-state index is 13.5. The first-order chi connectivity index (χ1) is 15.8. The Morgan fingerprint density at radius 3 is 2.48 bits per heavy atom. The number of carbonyl (C=O) groups excluding carboxylic acids is 1. The summed E-state index contributed by atoms with van der Waals surface area (Å²) in [5.41, 5.74) is -0.214. The largest absolute Gasteiger partial charge is 0.457 e. The Kier molecular flexibility index (Phi) is 6.03. The van der Waals surface area contributed by atoms with Gasteiger partial charge in [-0.15, -0.1) is 10.2 Å². The van der Waals surface area contributed by atoms with E-state index in [1.54, 1.807) is 48.5 Å². The zero-order valence-electron chi connectivity index (χ0n) is 16.7. The van der Waals surface area contributed by atoms with Gasteiger partial charge in [0.2, 0.25) is 11.7 Å². The van der Waals surface area contributed by atoms with Crippen molar-refractivity contribution in [2.75, 3.05) is 5.32 Å². The third-order valence-electron chi connectivity index (χ3n) is 4.49. The topological polar surface area (TPSA) is 92.8 Å². The normalized spacial score (nSPS) is 11.3. The summed E-state index contributed by atoms with van der Waals surface area (Å²) in [6.07, 6.45) is -5.12. The molecule has 0 radical (unpaired) electrons. The number of hydrogen-bond acceptors (Lipinski definition) is 5. The van der Waals surface area contributed by atoms with Crippen LogP contribution in [-0.4, -0.2) is 26.5 Å². The van der Waals surface area contributed by atoms with Crippen LogP contribution in [0.2, 0.25) is 0 Å². The van der Waals surface area contributed by atoms with E-state index in [1.165, 1.54) is 0 Å². The van der Waals surface area contributed by atoms with E-state index in [2.05, 4.69) is 25.9 Å². The Morgan fingerprint density at radius 2 is 1.79 bits per heavy atom. The number of carbonyl (C=O) groups is 1. The zero-order valence-corrected chi connectivity index (χ0v) is 16.7. The van der Waals surface area contributed by atoms with Crippen molar-refractivity contribution < 1.29 is 27.1 Å². The number of aromatic amines is 1. The molecule has 168 valence electrons. The lowest BCUT2D eigenvalue weighted by Crippen LogP contribution is -2.15. The van der Waals surface area contributed by atoms with Crippen LogP contribution in [0.1, 0.15) is 11.1 Å². The Hall–Kier alpha value is -4.28. The monoisotopic (exact) mass is 457 g/mol. The Bertz CT molecular complexity index is 1260. The van der Waals surface area contributed by atoms with Crippen molar-refractivity contribution in [3.63, 3.8) is 0 Å². The number of H-pyrrole nitrogens is 1. The molecule has 0 spiro atoms. The standard InChI is InChI=1S/C22H15F4N5O2/c23-15-10-13(9-14(12-15)22(24,25)26)11-20(32)27-16-5-7-17(8-6-16)33-19-4-2-1-3-18(19)21-28-30-31-29-21/h1-10,12H,11H2,(H,27,32)(H,28,29,30,31). The molecular formula is C22H15F4N5O2. The molecule has 0 aliphatic carbocycles. The molecule has 1 heterocycles. The summed E-state index contributed by atoms with van der Waals surface area (Å²) in [5.74, 6) is -0.341. The van der Waals surface area contributed by atoms with Gasteiger partial charge in [0.25, 0.3) is 0 Å². The van der Waals surface area contributed by atoms with Gasteiger partial charge < -0.3 is 10.1 Å². The minimum atomic E-state index is -4.70. The first-order valence-electron chi connectivity index (χ1n) is 9.55. The number of nitrogens with one attached hydrogen (secondary N) is 2. The number of anilines is 1. The smallest absolute Gasteiger partial charge is 0.416 e. The van der Waals surface area contributed by atoms with Crippen LogP contribution in [-0.2, 0) is 17.4 Å². The number of alkyl halides is 3. The molecule has 0 bridgehead atoms. The second-order valence-corrected chi connectivity index (χ2v) is 6.93. The number of amides is 1. The Morgan fingerprint density at radius 1 is 1.03 bits per heavy atom. The summed E-state index contributed by atoms with van der Waals surface area (Å²) >= 11 is 0. The number of ether oxygens (including phenoxy) is 1. The quantitative estimate of drug-likeness (QED) is 0.398. The third-order valence-corrected chi connectivity index (χ3v) is 4.49. The fourth-order valence-electron chi connectivity index (χ4n) is 3.06. The molecule has 2 N–H and O–H groups in total. The van der Waals surface area contributed by atoms with Gasteiger partial charge in [-0.2, -0.15) is 18.4 Å². The van der Waals surface area contributed by atoms with Crippen LogP contribution in [0.25, 0.3) is 11.4 Å². The van der Waals surface area contributed by atoms with E-state index in [4.69, 9.17) is 4.74 Å². The van der Waals surface area contributed by atoms with Crippen molar-refractivity contribution >= 4 is 11.6 Å². The van der Waals surface area contributed by atoms with Crippen LogP contribution in [0.5, 0.6) is 11.5 Å². The number of rotatable bonds is 6. The molecule has 7 nitrogen and oxygen atoms in total. The predicted molar refractivity (Wildman–Crippen MR) is 110 cm³/mol. The van der Waals surface area contributed by atoms with E-state index >= 15 is 0 Å². The van der Waals surface area contributed by atoms with Gasteiger partial charge in [-0.25, -0.2) is 4.39 Å². The maximum Gasteiger partial charge on any atom is 0.416 e. The summed E-state index contributed by atoms with van der Waals surface area (Å²) in [6.45, 7) is 0. The van der Waals surface area contributed by atoms with Crippen LogP contribution >= 0.6 is 0 Å². The number of benzene rings is 3. The minimum absolute atomic E-state index is 0.0853. The first-order valence-corrected chi connectivity index (χ1v) is 9.55. The SMILES string of the molecule is O=C(Cc1cc(F)cc(C(F)(F)F)c1)Nc1ccc(Oc2ccccc2-c2nn[nH]n2)cc1. The fraction of sp³-hybridized carbons (Fsp3) is 0.0909. The average Bonchev–Trinajstić information content (AvgIpc) is 3.29. The second-order valence-electron chi connectivity index (χ2n) is 6.93. The molecule has 0 saturated carbocycles. The van der Waals surface area contributed by atoms with Crippen molar-refractivity contribution in [1.29, 1.82) is 0 Å². The summed E-state index contributed by atoms with van der Waals surface area (Å²) < 4.78 is 57.9. The van der Waals surface area contributed by atoms with Crippen molar-refractivity contribution in [3.05, 3.63) is 83.7 Å². The maximum atomic E-state index is 13.5. The minimum Gasteiger partial charge on any atom is -0.457 e. The van der Waals surface area contributed by atoms with Crippen molar-refractivity contribution in [2.45, 2.75) is 12.6 Å². The molecule has 4 rings (SSSR count). The fourth-order valence-corrected chi connectivity index (χ4v) is 3.06. The van der Waals surface area contributed by atoms with Crippen LogP contribution in [0.15, 0.2) is 66.7 Å². The van der Waals surface area contributed by atoms with Gasteiger partial charge in [0, 0.05) is 5.69 Å². The molecule has 1 amide bonds. The Labute approximate surface area is 184 Å². The third kappa shape index (κ3) is 5.50. The number of aromatic nitrogens is 4. The number of para-hydroxylation sites is 1. The molecular weight excluding hydrogens is 442 g/mol. The molecule has 0 fully saturated rings. The number of nitrogens with zero attached hydrogens (tertiary/aromatic N) is 3. The Balaban J connectivity index is 1.42. The number of hydrogen-bond donors (Lipinski definition) is 2. The molecule has 11 heteroatoms. The second kappa shape index (κ2) is 9.07. The van der Waals surface area contributed by atoms with E-state index in [9.17, 15) is 22.4 Å². The molecule has 1 aromatic heterocycles. The molecule has 33 heavy (non-hydrogen) atoms. The molecule has 4 aromatic rings. The molecule has 0 unspecified atom stereocenters. The molecule has 3 aromatic carbocycles. The lowest BCUT2D eigenvalue weighted by molar-refractivity contribution is -0.137. The van der Waals surface area contributed by atoms with E-state index in [0.29, 0.717) is 34.6 Å². The van der Waals surface area contributed by atoms with Gasteiger partial charge in [-0.3, -0.25) is 4.79 Å². The molecule has 0 saturated heterocycles. The lowest BCUT2D eigenvalue weighted by Gasteiger charge is -2.11. The van der Waals surface area contributed by atoms with E-state index < -0.39 is 29.9 Å². The summed E-state index contributed by atoms with van der Waals surface area (Å²) in [5, 5.41) is 16.3. The van der Waals surface area contributed by atoms with Crippen LogP contribution < -0.4 is 10.1 Å². The van der Waals surface area contributed by atoms with Gasteiger partial charge in [0.05, 0.1) is 17.5 Å². The van der Waals surface area contributed by atoms with Gasteiger partial charge in [-0.1, -0.05) is 12.1 Å². The highest BCUT2D eigenvalue weighted by Gasteiger charge is 2.31. The lowest BCUT2D eigenvalue weighted by atomic mass is 10.1. The van der Waals surface area contributed by atoms with Crippen LogP contribution in [0.4, 0.5) is 23.2 Å². The highest BCUT2D eigenvalue weighted by molar-refractivity contribution is 5.92. The van der Waals surface area contributed by atoms with Crippen molar-refractivity contribution in [3.8, 4) is 22.9 Å². The van der Waals surface area contributed by atoms with Gasteiger partial charge in [0.1, 0.15) is 17.3 Å². The summed E-state index contributed by atoms with van der Waals surface area (Å²) in [7, 11) is 0. The predicted octanol–water partition coefficient (Wildman–Crippen LogP) is 5.00. The summed E-state index contributed by atoms with van der Waals surface area (Å²) in [4.78, 5) is 12.2. The van der Waals surface area contributed by atoms with Crippen molar-refractivity contribution in [1.82, 2.24) is 20.6 Å². The molecule has 0 aliphatic heterocycles. The van der Waals surface area contributed by atoms with Gasteiger partial charge in [-0.05, 0) is 65.4 Å². The van der Waals surface area contributed by atoms with Crippen LogP contribution in [0, 0.1) is 5.82 Å². The summed E-state index contributed by atoms with van der Waals surface area (Å²) in [6, 6.07) is 15.5. The van der Waals surface area contributed by atoms with Crippen molar-refractivity contribution in [2.24, 2.45) is 0 Å². The number of halogens is 4. The van der Waals surface area contributed by atoms with Gasteiger partial charge in [0.15, 0.2) is 0 Å². The highest BCUT2D eigenvalue weighted by atomic mass is 19.4.